The second-order valence-electron chi connectivity index (χ2n) is 7.31. The Morgan fingerprint density at radius 1 is 1.32 bits per heavy atom. The van der Waals surface area contributed by atoms with Crippen LogP contribution >= 0.6 is 0 Å². The quantitative estimate of drug-likeness (QED) is 0.763. The van der Waals surface area contributed by atoms with Crippen molar-refractivity contribution in [2.45, 2.75) is 19.4 Å². The number of amides is 1. The summed E-state index contributed by atoms with van der Waals surface area (Å²) in [6.45, 7) is 1.46. The number of aliphatic carboxylic acids is 1. The van der Waals surface area contributed by atoms with Crippen molar-refractivity contribution in [3.63, 3.8) is 0 Å². The van der Waals surface area contributed by atoms with Crippen molar-refractivity contribution in [1.29, 1.82) is 0 Å². The number of H-pyrrole nitrogens is 1. The third-order valence-corrected chi connectivity index (χ3v) is 5.60. The number of benzene rings is 1. The molecule has 3 heterocycles. The summed E-state index contributed by atoms with van der Waals surface area (Å²) < 4.78 is 6.81. The van der Waals surface area contributed by atoms with Crippen LogP contribution in [0.4, 0.5) is 0 Å². The van der Waals surface area contributed by atoms with Gasteiger partial charge in [0, 0.05) is 36.3 Å². The van der Waals surface area contributed by atoms with Crippen LogP contribution in [-0.4, -0.2) is 51.1 Å². The molecule has 0 radical (unpaired) electrons. The van der Waals surface area contributed by atoms with Gasteiger partial charge in [-0.25, -0.2) is 4.79 Å². The van der Waals surface area contributed by atoms with Gasteiger partial charge >= 0.3 is 11.7 Å². The lowest BCUT2D eigenvalue weighted by Crippen LogP contribution is -2.46. The van der Waals surface area contributed by atoms with E-state index in [1.807, 2.05) is 18.2 Å². The number of rotatable bonds is 3. The van der Waals surface area contributed by atoms with Crippen molar-refractivity contribution in [3.8, 4) is 5.75 Å². The second-order valence-corrected chi connectivity index (χ2v) is 7.31. The van der Waals surface area contributed by atoms with Crippen LogP contribution in [-0.2, 0) is 16.1 Å². The average molecular weight is 385 g/mol. The lowest BCUT2D eigenvalue weighted by molar-refractivity contribution is -0.152. The number of likely N-dealkylation sites (tertiary alicyclic amines) is 1. The zero-order valence-corrected chi connectivity index (χ0v) is 15.2. The second kappa shape index (κ2) is 6.36. The van der Waals surface area contributed by atoms with E-state index in [2.05, 4.69) is 4.98 Å². The van der Waals surface area contributed by atoms with E-state index in [9.17, 15) is 24.3 Å². The number of fused-ring (bicyclic) bond motifs is 3. The number of aromatic nitrogens is 2. The summed E-state index contributed by atoms with van der Waals surface area (Å²) in [7, 11) is 0. The number of aryl methyl sites for hydroxylation is 1. The first-order valence-electron chi connectivity index (χ1n) is 8.85. The lowest BCUT2D eigenvalue weighted by atomic mass is 9.73. The zero-order valence-electron chi connectivity index (χ0n) is 15.2. The van der Waals surface area contributed by atoms with Gasteiger partial charge in [-0.15, -0.1) is 0 Å². The fourth-order valence-corrected chi connectivity index (χ4v) is 4.01. The summed E-state index contributed by atoms with van der Waals surface area (Å²) in [6, 6.07) is 7.23. The molecule has 0 saturated carbocycles. The van der Waals surface area contributed by atoms with E-state index in [1.165, 1.54) is 18.0 Å². The Kier molecular flexibility index (Phi) is 4.10. The minimum atomic E-state index is -1.23. The molecule has 2 N–H and O–H groups in total. The Morgan fingerprint density at radius 2 is 2.07 bits per heavy atom. The topological polar surface area (TPSA) is 122 Å². The summed E-state index contributed by atoms with van der Waals surface area (Å²) in [5, 5.41) is 9.91. The van der Waals surface area contributed by atoms with Gasteiger partial charge in [0.25, 0.3) is 5.56 Å². The molecule has 4 rings (SSSR count). The van der Waals surface area contributed by atoms with Crippen molar-refractivity contribution >= 4 is 11.9 Å². The van der Waals surface area contributed by atoms with E-state index in [0.717, 1.165) is 10.1 Å². The van der Waals surface area contributed by atoms with Crippen LogP contribution in [0, 0.1) is 12.3 Å². The van der Waals surface area contributed by atoms with Crippen LogP contribution in [0.5, 0.6) is 5.75 Å². The van der Waals surface area contributed by atoms with Gasteiger partial charge < -0.3 is 14.7 Å². The highest BCUT2D eigenvalue weighted by Crippen LogP contribution is 2.49. The maximum Gasteiger partial charge on any atom is 0.328 e. The van der Waals surface area contributed by atoms with Gasteiger partial charge in [-0.2, -0.15) is 0 Å². The van der Waals surface area contributed by atoms with Crippen LogP contribution in [0.25, 0.3) is 0 Å². The van der Waals surface area contributed by atoms with Crippen molar-refractivity contribution < 1.29 is 19.4 Å². The summed E-state index contributed by atoms with van der Waals surface area (Å²) >= 11 is 0. The van der Waals surface area contributed by atoms with Crippen molar-refractivity contribution in [2.24, 2.45) is 5.41 Å². The number of hydrogen-bond acceptors (Lipinski definition) is 5. The highest BCUT2D eigenvalue weighted by atomic mass is 16.5. The number of para-hydroxylation sites is 1. The van der Waals surface area contributed by atoms with Crippen LogP contribution in [0.15, 0.2) is 40.1 Å². The maximum atomic E-state index is 12.8. The molecule has 0 aliphatic carbocycles. The van der Waals surface area contributed by atoms with Gasteiger partial charge in [0.15, 0.2) is 0 Å². The zero-order chi connectivity index (χ0) is 20.1. The maximum absolute atomic E-state index is 12.8. The predicted molar refractivity (Wildman–Crippen MR) is 97.4 cm³/mol. The van der Waals surface area contributed by atoms with Gasteiger partial charge in [-0.05, 0) is 13.0 Å². The monoisotopic (exact) mass is 385 g/mol. The molecule has 2 aromatic rings. The van der Waals surface area contributed by atoms with E-state index in [0.29, 0.717) is 11.3 Å². The van der Waals surface area contributed by atoms with Crippen LogP contribution < -0.4 is 16.0 Å². The van der Waals surface area contributed by atoms with E-state index in [4.69, 9.17) is 4.74 Å². The molecular formula is C19H19N3O6. The predicted octanol–water partition coefficient (Wildman–Crippen LogP) is -0.0656. The molecule has 9 heteroatoms. The largest absolute Gasteiger partial charge is 0.492 e. The molecule has 1 saturated heterocycles. The first-order valence-corrected chi connectivity index (χ1v) is 8.85. The van der Waals surface area contributed by atoms with Gasteiger partial charge in [0.05, 0.1) is 0 Å². The minimum Gasteiger partial charge on any atom is -0.492 e. The number of hydrogen-bond donors (Lipinski definition) is 2. The highest BCUT2D eigenvalue weighted by molar-refractivity contribution is 5.82. The van der Waals surface area contributed by atoms with E-state index < -0.39 is 28.6 Å². The standard InChI is InChI=1S/C19H19N3O6/c1-11-6-21(18(27)20-16(11)24)8-15(23)22-7-13-12-4-2-3-5-14(12)28-10-19(13,9-22)17(25)26/h2-6,13H,7-10H2,1H3,(H,25,26)(H,20,24,27)/t13-,19-/m1/s1. The Hall–Kier alpha value is -3.36. The number of carbonyl (C=O) groups is 2. The SMILES string of the molecule is Cc1cn(CC(=O)N2C[C@@H]3c4ccccc4OC[C@]3(C(=O)O)C2)c(=O)[nH]c1=O. The van der Waals surface area contributed by atoms with Gasteiger partial charge in [-0.3, -0.25) is 23.9 Å². The molecule has 0 bridgehead atoms. The normalized spacial score (nSPS) is 22.9. The average Bonchev–Trinajstić information content (AvgIpc) is 3.08. The Balaban J connectivity index is 1.64. The van der Waals surface area contributed by atoms with E-state index in [-0.39, 0.29) is 32.1 Å². The Morgan fingerprint density at radius 3 is 2.82 bits per heavy atom. The van der Waals surface area contributed by atoms with Gasteiger partial charge in [-0.1, -0.05) is 18.2 Å². The van der Waals surface area contributed by atoms with Crippen molar-refractivity contribution in [3.05, 3.63) is 62.4 Å². The number of carboxylic acids is 1. The molecule has 0 spiro atoms. The molecule has 0 unspecified atom stereocenters. The molecule has 1 aromatic heterocycles. The number of aromatic amines is 1. The number of nitrogens with one attached hydrogen (secondary N) is 1. The van der Waals surface area contributed by atoms with Gasteiger partial charge in [0.2, 0.25) is 5.91 Å². The Labute approximate surface area is 159 Å². The number of ether oxygens (including phenoxy) is 1. The smallest absolute Gasteiger partial charge is 0.328 e. The van der Waals surface area contributed by atoms with E-state index >= 15 is 0 Å². The number of nitrogens with zero attached hydrogens (tertiary/aromatic N) is 2. The molecular weight excluding hydrogens is 366 g/mol. The van der Waals surface area contributed by atoms with Crippen LogP contribution in [0.1, 0.15) is 17.0 Å². The molecule has 1 fully saturated rings. The highest BCUT2D eigenvalue weighted by Gasteiger charge is 2.57. The fraction of sp³-hybridized carbons (Fsp3) is 0.368. The number of carbonyl (C=O) groups excluding carboxylic acids is 1. The fourth-order valence-electron chi connectivity index (χ4n) is 4.01. The van der Waals surface area contributed by atoms with Crippen molar-refractivity contribution in [1.82, 2.24) is 14.5 Å². The van der Waals surface area contributed by atoms with Crippen molar-refractivity contribution in [2.75, 3.05) is 19.7 Å². The third kappa shape index (κ3) is 2.70. The molecule has 28 heavy (non-hydrogen) atoms. The summed E-state index contributed by atoms with van der Waals surface area (Å²) in [4.78, 5) is 52.0. The summed E-state index contributed by atoms with van der Waals surface area (Å²) in [5.41, 5.74) is -1.33. The molecule has 9 nitrogen and oxygen atoms in total. The van der Waals surface area contributed by atoms with Crippen LogP contribution in [0.3, 0.4) is 0 Å². The lowest BCUT2D eigenvalue weighted by Gasteiger charge is -2.35. The first-order chi connectivity index (χ1) is 13.3. The van der Waals surface area contributed by atoms with Gasteiger partial charge in [0.1, 0.15) is 24.3 Å². The molecule has 1 amide bonds. The molecule has 1 aromatic carbocycles. The molecule has 2 atom stereocenters. The minimum absolute atomic E-state index is 0.00272. The third-order valence-electron chi connectivity index (χ3n) is 5.60. The van der Waals surface area contributed by atoms with Crippen LogP contribution in [0.2, 0.25) is 0 Å². The summed E-state index contributed by atoms with van der Waals surface area (Å²) in [5.74, 6) is -1.17. The molecule has 2 aliphatic rings. The number of carboxylic acid groups (broad SMARTS) is 1. The van der Waals surface area contributed by atoms with E-state index in [1.54, 1.807) is 6.07 Å². The Bertz CT molecular complexity index is 1090. The molecule has 146 valence electrons. The summed E-state index contributed by atoms with van der Waals surface area (Å²) in [6.07, 6.45) is 1.33. The first kappa shape index (κ1) is 18.0. The molecule has 2 aliphatic heterocycles.